The SMILES string of the molecule is CC1(C)c2ccccc2-c2ccc(N(c3cccc(-c4ccccc4)c3)c3cccc4c5ccccc5n(-c5ccc(-c6ccccc6)cc5)c34)cc21. The van der Waals surface area contributed by atoms with Gasteiger partial charge in [-0.05, 0) is 93.0 Å². The molecule has 1 heterocycles. The smallest absolute Gasteiger partial charge is 0.0782 e. The monoisotopic (exact) mass is 678 g/mol. The van der Waals surface area contributed by atoms with Gasteiger partial charge >= 0.3 is 0 Å². The second-order valence-corrected chi connectivity index (χ2v) is 14.6. The van der Waals surface area contributed by atoms with Crippen LogP contribution in [0.1, 0.15) is 25.0 Å². The first-order chi connectivity index (χ1) is 26.1. The molecule has 0 saturated carbocycles. The van der Waals surface area contributed by atoms with E-state index < -0.39 is 0 Å². The minimum absolute atomic E-state index is 0.124. The molecular formula is C51H38N2. The lowest BCUT2D eigenvalue weighted by molar-refractivity contribution is 0.660. The fourth-order valence-corrected chi connectivity index (χ4v) is 8.60. The number of hydrogen-bond donors (Lipinski definition) is 0. The van der Waals surface area contributed by atoms with Crippen LogP contribution in [-0.4, -0.2) is 4.57 Å². The van der Waals surface area contributed by atoms with Gasteiger partial charge in [-0.25, -0.2) is 0 Å². The van der Waals surface area contributed by atoms with Gasteiger partial charge in [-0.15, -0.1) is 0 Å². The number of fused-ring (bicyclic) bond motifs is 6. The zero-order chi connectivity index (χ0) is 35.5. The molecule has 0 N–H and O–H groups in total. The minimum Gasteiger partial charge on any atom is -0.308 e. The quantitative estimate of drug-likeness (QED) is 0.170. The molecule has 2 nitrogen and oxygen atoms in total. The zero-order valence-corrected chi connectivity index (χ0v) is 29.9. The first kappa shape index (κ1) is 31.1. The normalized spacial score (nSPS) is 12.9. The predicted octanol–water partition coefficient (Wildman–Crippen LogP) is 13.9. The van der Waals surface area contributed by atoms with Gasteiger partial charge in [0.2, 0.25) is 0 Å². The highest BCUT2D eigenvalue weighted by atomic mass is 15.2. The summed E-state index contributed by atoms with van der Waals surface area (Å²) in [6.45, 7) is 4.72. The van der Waals surface area contributed by atoms with Crippen LogP contribution in [0.25, 0.3) is 60.9 Å². The van der Waals surface area contributed by atoms with Gasteiger partial charge in [0.15, 0.2) is 0 Å². The van der Waals surface area contributed by atoms with E-state index in [9.17, 15) is 0 Å². The van der Waals surface area contributed by atoms with E-state index in [-0.39, 0.29) is 5.41 Å². The number of nitrogens with zero attached hydrogens (tertiary/aromatic N) is 2. The molecule has 53 heavy (non-hydrogen) atoms. The summed E-state index contributed by atoms with van der Waals surface area (Å²) in [4.78, 5) is 2.47. The molecule has 1 aromatic heterocycles. The van der Waals surface area contributed by atoms with Crippen molar-refractivity contribution in [3.63, 3.8) is 0 Å². The van der Waals surface area contributed by atoms with Crippen molar-refractivity contribution in [3.05, 3.63) is 205 Å². The molecule has 0 spiro atoms. The Hall–Kier alpha value is -6.64. The lowest BCUT2D eigenvalue weighted by Crippen LogP contribution is -2.17. The van der Waals surface area contributed by atoms with Gasteiger partial charge in [0, 0.05) is 33.2 Å². The maximum Gasteiger partial charge on any atom is 0.0782 e. The van der Waals surface area contributed by atoms with Crippen LogP contribution in [0.15, 0.2) is 194 Å². The van der Waals surface area contributed by atoms with Crippen molar-refractivity contribution in [2.45, 2.75) is 19.3 Å². The molecule has 0 atom stereocenters. The van der Waals surface area contributed by atoms with E-state index in [4.69, 9.17) is 0 Å². The summed E-state index contributed by atoms with van der Waals surface area (Å²) in [5, 5.41) is 2.46. The van der Waals surface area contributed by atoms with Gasteiger partial charge in [0.1, 0.15) is 0 Å². The molecule has 0 amide bonds. The first-order valence-electron chi connectivity index (χ1n) is 18.4. The van der Waals surface area contributed by atoms with Gasteiger partial charge < -0.3 is 9.47 Å². The Bertz CT molecular complexity index is 2790. The van der Waals surface area contributed by atoms with Crippen LogP contribution in [0.4, 0.5) is 17.1 Å². The number of aromatic nitrogens is 1. The number of benzene rings is 8. The van der Waals surface area contributed by atoms with Crippen molar-refractivity contribution < 1.29 is 0 Å². The number of hydrogen-bond acceptors (Lipinski definition) is 1. The molecule has 9 aromatic rings. The van der Waals surface area contributed by atoms with Gasteiger partial charge in [-0.2, -0.15) is 0 Å². The largest absolute Gasteiger partial charge is 0.308 e. The maximum atomic E-state index is 2.47. The van der Waals surface area contributed by atoms with Crippen LogP contribution in [0, 0.1) is 0 Å². The van der Waals surface area contributed by atoms with Crippen LogP contribution in [-0.2, 0) is 5.41 Å². The van der Waals surface area contributed by atoms with Crippen molar-refractivity contribution in [2.24, 2.45) is 0 Å². The molecule has 0 bridgehead atoms. The highest BCUT2D eigenvalue weighted by Gasteiger charge is 2.36. The fourth-order valence-electron chi connectivity index (χ4n) is 8.60. The Labute approximate surface area is 310 Å². The van der Waals surface area contributed by atoms with E-state index in [1.807, 2.05) is 0 Å². The third-order valence-corrected chi connectivity index (χ3v) is 11.2. The van der Waals surface area contributed by atoms with Crippen LogP contribution < -0.4 is 4.90 Å². The van der Waals surface area contributed by atoms with Gasteiger partial charge in [-0.1, -0.05) is 159 Å². The zero-order valence-electron chi connectivity index (χ0n) is 29.9. The highest BCUT2D eigenvalue weighted by Crippen LogP contribution is 2.51. The third-order valence-electron chi connectivity index (χ3n) is 11.2. The van der Waals surface area contributed by atoms with E-state index in [0.717, 1.165) is 22.7 Å². The maximum absolute atomic E-state index is 2.47. The molecule has 0 aliphatic heterocycles. The summed E-state index contributed by atoms with van der Waals surface area (Å²) in [6.07, 6.45) is 0. The van der Waals surface area contributed by atoms with Crippen LogP contribution >= 0.6 is 0 Å². The fraction of sp³-hybridized carbons (Fsp3) is 0.0588. The molecule has 8 aromatic carbocycles. The van der Waals surface area contributed by atoms with E-state index in [1.54, 1.807) is 0 Å². The highest BCUT2D eigenvalue weighted by molar-refractivity contribution is 6.14. The number of anilines is 3. The molecule has 0 fully saturated rings. The summed E-state index contributed by atoms with van der Waals surface area (Å²) in [5.41, 5.74) is 16.9. The molecule has 1 aliphatic rings. The first-order valence-corrected chi connectivity index (χ1v) is 18.4. The summed E-state index contributed by atoms with van der Waals surface area (Å²) in [5.74, 6) is 0. The second-order valence-electron chi connectivity index (χ2n) is 14.6. The predicted molar refractivity (Wildman–Crippen MR) is 224 cm³/mol. The standard InChI is InChI=1S/C51H38N2/c1-51(2)46-24-11-9-21-42(46)43-32-31-41(34-47(43)51)52(40-20-13-19-38(33-40)36-17-7-4-8-18-36)49-26-14-23-45-44-22-10-12-25-48(44)53(50(45)49)39-29-27-37(28-30-39)35-15-5-3-6-16-35/h3-34H,1-2H3. The molecule has 0 saturated heterocycles. The van der Waals surface area contributed by atoms with E-state index in [0.29, 0.717) is 0 Å². The Morgan fingerprint density at radius 2 is 1.00 bits per heavy atom. The lowest BCUT2D eigenvalue weighted by atomic mass is 9.82. The van der Waals surface area contributed by atoms with Crippen LogP contribution in [0.2, 0.25) is 0 Å². The number of para-hydroxylation sites is 2. The molecule has 10 rings (SSSR count). The molecule has 2 heteroatoms. The second kappa shape index (κ2) is 12.3. The van der Waals surface area contributed by atoms with Crippen molar-refractivity contribution in [1.82, 2.24) is 4.57 Å². The van der Waals surface area contributed by atoms with Crippen LogP contribution in [0.3, 0.4) is 0 Å². The average molecular weight is 679 g/mol. The topological polar surface area (TPSA) is 8.17 Å². The van der Waals surface area contributed by atoms with E-state index in [2.05, 4.69) is 217 Å². The van der Waals surface area contributed by atoms with Crippen molar-refractivity contribution in [3.8, 4) is 39.1 Å². The van der Waals surface area contributed by atoms with Crippen molar-refractivity contribution in [1.29, 1.82) is 0 Å². The van der Waals surface area contributed by atoms with Gasteiger partial charge in [0.05, 0.1) is 16.7 Å². The van der Waals surface area contributed by atoms with Crippen molar-refractivity contribution in [2.75, 3.05) is 4.90 Å². The number of rotatable bonds is 6. The van der Waals surface area contributed by atoms with Gasteiger partial charge in [-0.3, -0.25) is 0 Å². The minimum atomic E-state index is -0.124. The van der Waals surface area contributed by atoms with Gasteiger partial charge in [0.25, 0.3) is 0 Å². The summed E-state index contributed by atoms with van der Waals surface area (Å²) < 4.78 is 2.45. The molecule has 0 radical (unpaired) electrons. The molecule has 252 valence electrons. The summed E-state index contributed by atoms with van der Waals surface area (Å²) in [7, 11) is 0. The van der Waals surface area contributed by atoms with E-state index >= 15 is 0 Å². The molecule has 1 aliphatic carbocycles. The lowest BCUT2D eigenvalue weighted by Gasteiger charge is -2.29. The van der Waals surface area contributed by atoms with E-state index in [1.165, 1.54) is 66.3 Å². The molecular weight excluding hydrogens is 641 g/mol. The summed E-state index contributed by atoms with van der Waals surface area (Å²) in [6, 6.07) is 70.9. The van der Waals surface area contributed by atoms with Crippen LogP contribution in [0.5, 0.6) is 0 Å². The Morgan fingerprint density at radius 3 is 1.79 bits per heavy atom. The van der Waals surface area contributed by atoms with Crippen molar-refractivity contribution >= 4 is 38.9 Å². The average Bonchev–Trinajstić information content (AvgIpc) is 3.68. The Kier molecular flexibility index (Phi) is 7.19. The Morgan fingerprint density at radius 1 is 0.415 bits per heavy atom. The third kappa shape index (κ3) is 5.02. The Balaban J connectivity index is 1.23. The molecule has 0 unspecified atom stereocenters. The summed E-state index contributed by atoms with van der Waals surface area (Å²) >= 11 is 0.